The van der Waals surface area contributed by atoms with E-state index in [0.29, 0.717) is 53.1 Å². The first kappa shape index (κ1) is 23.0. The zero-order valence-electron chi connectivity index (χ0n) is 18.4. The smallest absolute Gasteiger partial charge is 0.302 e. The fraction of sp³-hybridized carbons (Fsp3) is 0.333. The number of amides is 1. The minimum Gasteiger partial charge on any atom is -0.464 e. The van der Waals surface area contributed by atoms with Gasteiger partial charge in [-0.05, 0) is 18.6 Å². The quantitative estimate of drug-likeness (QED) is 0.348. The third-order valence-corrected chi connectivity index (χ3v) is 5.23. The summed E-state index contributed by atoms with van der Waals surface area (Å²) in [6.07, 6.45) is 0.665. The number of hydrogen-bond acceptors (Lipinski definition) is 7. The summed E-state index contributed by atoms with van der Waals surface area (Å²) in [6, 6.07) is 10.0. The number of nitrogens with one attached hydrogen (secondary N) is 3. The lowest BCUT2D eigenvalue weighted by Crippen LogP contribution is -2.30. The maximum Gasteiger partial charge on any atom is 0.302 e. The summed E-state index contributed by atoms with van der Waals surface area (Å²) in [5.74, 6) is -1.00. The lowest BCUT2D eigenvalue weighted by molar-refractivity contribution is -0.141. The lowest BCUT2D eigenvalue weighted by Gasteiger charge is -2.25. The highest BCUT2D eigenvalue weighted by Crippen LogP contribution is 2.35. The number of ether oxygens (including phenoxy) is 1. The van der Waals surface area contributed by atoms with E-state index in [1.165, 1.54) is 13.8 Å². The Morgan fingerprint density at radius 1 is 0.906 bits per heavy atom. The van der Waals surface area contributed by atoms with Gasteiger partial charge in [-0.1, -0.05) is 31.2 Å². The van der Waals surface area contributed by atoms with Gasteiger partial charge < -0.3 is 20.7 Å². The van der Waals surface area contributed by atoms with Crippen molar-refractivity contribution in [3.8, 4) is 0 Å². The molecule has 0 radical (unpaired) electrons. The number of esters is 1. The van der Waals surface area contributed by atoms with Gasteiger partial charge in [0.25, 0.3) is 0 Å². The molecule has 32 heavy (non-hydrogen) atoms. The van der Waals surface area contributed by atoms with Crippen molar-refractivity contribution in [2.24, 2.45) is 0 Å². The largest absolute Gasteiger partial charge is 0.464 e. The Morgan fingerprint density at radius 3 is 2.06 bits per heavy atom. The molecule has 3 N–H and O–H groups in total. The Hall–Kier alpha value is -3.68. The fourth-order valence-electron chi connectivity index (χ4n) is 3.64. The fourth-order valence-corrected chi connectivity index (χ4v) is 3.64. The first-order valence-corrected chi connectivity index (χ1v) is 10.6. The zero-order chi connectivity index (χ0) is 23.3. The molecule has 0 aliphatic heterocycles. The van der Waals surface area contributed by atoms with E-state index in [1.54, 1.807) is 36.4 Å². The van der Waals surface area contributed by atoms with Gasteiger partial charge in [0.1, 0.15) is 6.61 Å². The van der Waals surface area contributed by atoms with Gasteiger partial charge in [0, 0.05) is 49.4 Å². The molecule has 0 bridgehead atoms. The second-order valence-corrected chi connectivity index (χ2v) is 7.58. The molecule has 0 saturated heterocycles. The molecular weight excluding hydrogens is 410 g/mol. The Balaban J connectivity index is 1.90. The van der Waals surface area contributed by atoms with Gasteiger partial charge in [-0.25, -0.2) is 0 Å². The van der Waals surface area contributed by atoms with Gasteiger partial charge in [-0.15, -0.1) is 0 Å². The van der Waals surface area contributed by atoms with Crippen molar-refractivity contribution in [2.45, 2.75) is 33.2 Å². The Bertz CT molecular complexity index is 1060. The number of carbonyl (C=O) groups excluding carboxylic acids is 4. The van der Waals surface area contributed by atoms with Crippen molar-refractivity contribution in [2.75, 3.05) is 30.3 Å². The van der Waals surface area contributed by atoms with E-state index < -0.39 is 0 Å². The number of ketones is 2. The molecule has 0 aromatic heterocycles. The van der Waals surface area contributed by atoms with Crippen LogP contribution in [-0.4, -0.2) is 49.2 Å². The predicted molar refractivity (Wildman–Crippen MR) is 121 cm³/mol. The summed E-state index contributed by atoms with van der Waals surface area (Å²) < 4.78 is 5.10. The third-order valence-electron chi connectivity index (χ3n) is 5.23. The SMILES string of the molecule is CCC(COC(C)=O)Nc1cccc2c1C(=O)c1cccc(NCCNC(C)=O)c1C2=O. The highest BCUT2D eigenvalue weighted by Gasteiger charge is 2.33. The van der Waals surface area contributed by atoms with Crippen LogP contribution in [0.25, 0.3) is 0 Å². The molecule has 3 rings (SSSR count). The van der Waals surface area contributed by atoms with Crippen LogP contribution in [-0.2, 0) is 14.3 Å². The lowest BCUT2D eigenvalue weighted by atomic mass is 9.82. The van der Waals surface area contributed by atoms with Gasteiger partial charge in [0.15, 0.2) is 11.6 Å². The minimum atomic E-state index is -0.376. The molecule has 0 fully saturated rings. The maximum absolute atomic E-state index is 13.4. The molecule has 2 aromatic rings. The van der Waals surface area contributed by atoms with Gasteiger partial charge in [0.2, 0.25) is 5.91 Å². The molecule has 2 aromatic carbocycles. The van der Waals surface area contributed by atoms with Crippen LogP contribution in [0.2, 0.25) is 0 Å². The molecule has 1 aliphatic rings. The first-order valence-electron chi connectivity index (χ1n) is 10.6. The Kier molecular flexibility index (Phi) is 7.25. The second kappa shape index (κ2) is 10.1. The standard InChI is InChI=1S/C24H27N3O5/c1-4-16(13-32-15(3)29)27-20-10-6-8-18-22(20)24(31)17-7-5-9-19(21(17)23(18)30)26-12-11-25-14(2)28/h5-10,16,26-27H,4,11-13H2,1-3H3,(H,25,28). The highest BCUT2D eigenvalue weighted by molar-refractivity contribution is 6.31. The van der Waals surface area contributed by atoms with Gasteiger partial charge >= 0.3 is 5.97 Å². The monoisotopic (exact) mass is 437 g/mol. The van der Waals surface area contributed by atoms with Crippen LogP contribution in [0.1, 0.15) is 59.0 Å². The third kappa shape index (κ3) is 4.96. The molecular formula is C24H27N3O5. The Morgan fingerprint density at radius 2 is 1.50 bits per heavy atom. The summed E-state index contributed by atoms with van der Waals surface area (Å²) in [5, 5.41) is 9.08. The van der Waals surface area contributed by atoms with Crippen LogP contribution in [0.3, 0.4) is 0 Å². The number of benzene rings is 2. The number of fused-ring (bicyclic) bond motifs is 2. The predicted octanol–water partition coefficient (Wildman–Crippen LogP) is 2.76. The summed E-state index contributed by atoms with van der Waals surface area (Å²) in [6.45, 7) is 5.70. The average Bonchev–Trinajstić information content (AvgIpc) is 2.77. The molecule has 1 amide bonds. The van der Waals surface area contributed by atoms with Gasteiger partial charge in [-0.3, -0.25) is 19.2 Å². The summed E-state index contributed by atoms with van der Waals surface area (Å²) in [5.41, 5.74) is 2.39. The summed E-state index contributed by atoms with van der Waals surface area (Å²) in [7, 11) is 0. The average molecular weight is 437 g/mol. The van der Waals surface area contributed by atoms with E-state index >= 15 is 0 Å². The van der Waals surface area contributed by atoms with Crippen LogP contribution < -0.4 is 16.0 Å². The van der Waals surface area contributed by atoms with Crippen LogP contribution >= 0.6 is 0 Å². The van der Waals surface area contributed by atoms with Crippen LogP contribution in [0, 0.1) is 0 Å². The van der Waals surface area contributed by atoms with E-state index in [0.717, 1.165) is 0 Å². The molecule has 8 nitrogen and oxygen atoms in total. The number of anilines is 2. The van der Waals surface area contributed by atoms with E-state index in [4.69, 9.17) is 4.74 Å². The summed E-state index contributed by atoms with van der Waals surface area (Å²) in [4.78, 5) is 49.0. The molecule has 168 valence electrons. The Labute approximate surface area is 186 Å². The van der Waals surface area contributed by atoms with Crippen molar-refractivity contribution in [1.29, 1.82) is 0 Å². The van der Waals surface area contributed by atoms with Gasteiger partial charge in [0.05, 0.1) is 17.2 Å². The maximum atomic E-state index is 13.4. The first-order chi connectivity index (χ1) is 15.3. The molecule has 0 spiro atoms. The van der Waals surface area contributed by atoms with Crippen molar-refractivity contribution in [3.63, 3.8) is 0 Å². The van der Waals surface area contributed by atoms with Crippen LogP contribution in [0.15, 0.2) is 36.4 Å². The number of rotatable bonds is 9. The van der Waals surface area contributed by atoms with E-state index in [9.17, 15) is 19.2 Å². The van der Waals surface area contributed by atoms with E-state index in [1.807, 2.05) is 6.92 Å². The summed E-state index contributed by atoms with van der Waals surface area (Å²) >= 11 is 0. The zero-order valence-corrected chi connectivity index (χ0v) is 18.4. The van der Waals surface area contributed by atoms with Crippen molar-refractivity contribution < 1.29 is 23.9 Å². The van der Waals surface area contributed by atoms with E-state index in [2.05, 4.69) is 16.0 Å². The van der Waals surface area contributed by atoms with Crippen molar-refractivity contribution in [1.82, 2.24) is 5.32 Å². The molecule has 0 heterocycles. The number of carbonyl (C=O) groups is 4. The number of hydrogen-bond donors (Lipinski definition) is 3. The van der Waals surface area contributed by atoms with Crippen LogP contribution in [0.5, 0.6) is 0 Å². The topological polar surface area (TPSA) is 114 Å². The molecule has 8 heteroatoms. The normalized spacial score (nSPS) is 13.0. The van der Waals surface area contributed by atoms with Crippen LogP contribution in [0.4, 0.5) is 11.4 Å². The van der Waals surface area contributed by atoms with Gasteiger partial charge in [-0.2, -0.15) is 0 Å². The highest BCUT2D eigenvalue weighted by atomic mass is 16.5. The van der Waals surface area contributed by atoms with E-state index in [-0.39, 0.29) is 36.1 Å². The second-order valence-electron chi connectivity index (χ2n) is 7.58. The minimum absolute atomic E-state index is 0.138. The van der Waals surface area contributed by atoms with Crippen molar-refractivity contribution in [3.05, 3.63) is 58.7 Å². The molecule has 1 unspecified atom stereocenters. The van der Waals surface area contributed by atoms with Crippen molar-refractivity contribution >= 4 is 34.8 Å². The molecule has 0 saturated carbocycles. The molecule has 1 atom stereocenters. The molecule has 1 aliphatic carbocycles.